The molecule has 0 spiro atoms. The molecule has 1 aromatic carbocycles. The molecule has 3 N–H and O–H groups in total. The van der Waals surface area contributed by atoms with Crippen LogP contribution in [0.4, 0.5) is 0 Å². The van der Waals surface area contributed by atoms with Crippen molar-refractivity contribution in [2.75, 3.05) is 5.75 Å². The number of H-pyrrole nitrogens is 1. The fraction of sp³-hybridized carbons (Fsp3) is 0.440. The Morgan fingerprint density at radius 1 is 1.19 bits per heavy atom. The molecule has 3 heterocycles. The molecule has 10 nitrogen and oxygen atoms in total. The van der Waals surface area contributed by atoms with E-state index >= 15 is 0 Å². The molecular weight excluding hydrogens is 514 g/mol. The summed E-state index contributed by atoms with van der Waals surface area (Å²) in [6, 6.07) is 6.89. The van der Waals surface area contributed by atoms with Crippen molar-refractivity contribution >= 4 is 41.9 Å². The number of nitrogens with one attached hydrogen (secondary N) is 2. The van der Waals surface area contributed by atoms with Crippen LogP contribution < -0.4 is 4.72 Å². The normalized spacial score (nSPS) is 24.2. The van der Waals surface area contributed by atoms with Crippen molar-refractivity contribution < 1.29 is 21.9 Å². The summed E-state index contributed by atoms with van der Waals surface area (Å²) in [6.45, 7) is 5.06. The summed E-state index contributed by atoms with van der Waals surface area (Å²) in [5.41, 5.74) is 1.38. The second-order valence-electron chi connectivity index (χ2n) is 10.6. The van der Waals surface area contributed by atoms with Crippen LogP contribution in [0.1, 0.15) is 56.8 Å². The summed E-state index contributed by atoms with van der Waals surface area (Å²) < 4.78 is 58.3. The van der Waals surface area contributed by atoms with E-state index in [0.717, 1.165) is 5.39 Å². The highest BCUT2D eigenvalue weighted by Gasteiger charge is 2.71. The summed E-state index contributed by atoms with van der Waals surface area (Å²) in [6.07, 6.45) is 4.25. The number of sulfonamides is 1. The zero-order valence-corrected chi connectivity index (χ0v) is 22.4. The fourth-order valence-electron chi connectivity index (χ4n) is 6.36. The maximum atomic E-state index is 14.3. The molecule has 196 valence electrons. The zero-order chi connectivity index (χ0) is 26.4. The van der Waals surface area contributed by atoms with Crippen molar-refractivity contribution in [1.82, 2.24) is 24.2 Å². The summed E-state index contributed by atoms with van der Waals surface area (Å²) >= 11 is 0. The van der Waals surface area contributed by atoms with Gasteiger partial charge in [0.15, 0.2) is 0 Å². The van der Waals surface area contributed by atoms with E-state index in [1.807, 2.05) is 13.0 Å². The number of hydrogen-bond donors (Lipinski definition) is 3. The van der Waals surface area contributed by atoms with E-state index in [-0.39, 0.29) is 15.8 Å². The van der Waals surface area contributed by atoms with Gasteiger partial charge in [0, 0.05) is 17.1 Å². The van der Waals surface area contributed by atoms with Crippen molar-refractivity contribution in [3.05, 3.63) is 47.8 Å². The van der Waals surface area contributed by atoms with Gasteiger partial charge in [0.1, 0.15) is 11.2 Å². The molecule has 7 rings (SSSR count). The topological polar surface area (TPSA) is 147 Å². The molecule has 3 aromatic heterocycles. The Morgan fingerprint density at radius 3 is 2.59 bits per heavy atom. The number of aryl methyl sites for hydroxylation is 1. The third kappa shape index (κ3) is 3.49. The maximum Gasteiger partial charge on any atom is 0.240 e. The lowest BCUT2D eigenvalue weighted by atomic mass is 9.44. The van der Waals surface area contributed by atoms with Crippen LogP contribution in [0.2, 0.25) is 0 Å². The number of aromatic nitrogens is 4. The van der Waals surface area contributed by atoms with E-state index in [0.29, 0.717) is 53.5 Å². The number of nitrogens with zero attached hydrogens (tertiary/aromatic N) is 3. The quantitative estimate of drug-likeness (QED) is 0.309. The van der Waals surface area contributed by atoms with Gasteiger partial charge in [-0.25, -0.2) is 31.5 Å². The monoisotopic (exact) mass is 543 g/mol. The van der Waals surface area contributed by atoms with Crippen LogP contribution in [0.15, 0.2) is 46.7 Å². The van der Waals surface area contributed by atoms with Gasteiger partial charge in [0.05, 0.1) is 34.0 Å². The molecule has 12 heteroatoms. The van der Waals surface area contributed by atoms with Crippen LogP contribution in [-0.2, 0) is 25.4 Å². The Bertz CT molecular complexity index is 1770. The summed E-state index contributed by atoms with van der Waals surface area (Å²) in [4.78, 5) is 12.1. The number of imidazole rings is 1. The van der Waals surface area contributed by atoms with Crippen LogP contribution in [0, 0.1) is 6.92 Å². The Kier molecular flexibility index (Phi) is 5.21. The first-order chi connectivity index (χ1) is 17.4. The Hall–Kier alpha value is -2.80. The molecule has 3 aliphatic carbocycles. The van der Waals surface area contributed by atoms with Gasteiger partial charge in [-0.2, -0.15) is 0 Å². The van der Waals surface area contributed by atoms with E-state index in [1.165, 1.54) is 6.92 Å². The van der Waals surface area contributed by atoms with Crippen molar-refractivity contribution in [2.24, 2.45) is 0 Å². The molecule has 3 aliphatic rings. The second kappa shape index (κ2) is 7.85. The molecule has 0 radical (unpaired) electrons. The van der Waals surface area contributed by atoms with Gasteiger partial charge in [-0.05, 0) is 56.7 Å². The molecule has 1 atom stereocenters. The summed E-state index contributed by atoms with van der Waals surface area (Å²) in [5.74, 6) is 0.0560. The zero-order valence-electron chi connectivity index (χ0n) is 20.8. The number of benzene rings is 1. The van der Waals surface area contributed by atoms with Gasteiger partial charge in [-0.15, -0.1) is 0 Å². The smallest absolute Gasteiger partial charge is 0.240 e. The Balaban J connectivity index is 1.55. The number of aliphatic hydroxyl groups excluding tert-OH is 1. The molecule has 0 aliphatic heterocycles. The molecule has 0 amide bonds. The largest absolute Gasteiger partial charge is 0.389 e. The molecule has 2 bridgehead atoms. The first-order valence-electron chi connectivity index (χ1n) is 12.3. The van der Waals surface area contributed by atoms with Crippen molar-refractivity contribution in [1.29, 1.82) is 0 Å². The van der Waals surface area contributed by atoms with E-state index in [9.17, 15) is 21.9 Å². The third-order valence-electron chi connectivity index (χ3n) is 7.69. The Morgan fingerprint density at radius 2 is 1.92 bits per heavy atom. The SMILES string of the molecule is CCCS(=O)(=O)NC12CC(n3c(S(=O)(=O)c4c(C)cccc4[C@@H](C)O)nc4cnc5[nH]ccc5c43)(C1)C2. The minimum absolute atomic E-state index is 0.0461. The van der Waals surface area contributed by atoms with Gasteiger partial charge in [-0.3, -0.25) is 0 Å². The number of fused-ring (bicyclic) bond motifs is 3. The van der Waals surface area contributed by atoms with Crippen LogP contribution in [0.5, 0.6) is 0 Å². The van der Waals surface area contributed by atoms with Crippen LogP contribution in [-0.4, -0.2) is 52.8 Å². The molecule has 3 saturated carbocycles. The van der Waals surface area contributed by atoms with Crippen LogP contribution in [0.25, 0.3) is 22.1 Å². The number of pyridine rings is 1. The molecular formula is C25H29N5O5S2. The van der Waals surface area contributed by atoms with Crippen molar-refractivity contribution in [3.63, 3.8) is 0 Å². The molecule has 3 fully saturated rings. The summed E-state index contributed by atoms with van der Waals surface area (Å²) in [7, 11) is -7.59. The molecule has 37 heavy (non-hydrogen) atoms. The van der Waals surface area contributed by atoms with Gasteiger partial charge >= 0.3 is 0 Å². The van der Waals surface area contributed by atoms with E-state index in [4.69, 9.17) is 0 Å². The highest BCUT2D eigenvalue weighted by Crippen LogP contribution is 2.67. The average molecular weight is 544 g/mol. The lowest BCUT2D eigenvalue weighted by Crippen LogP contribution is -2.78. The molecule has 0 unspecified atom stereocenters. The number of rotatable bonds is 8. The fourth-order valence-corrected chi connectivity index (χ4v) is 9.84. The predicted molar refractivity (Wildman–Crippen MR) is 138 cm³/mol. The lowest BCUT2D eigenvalue weighted by molar-refractivity contribution is -0.127. The number of sulfone groups is 1. The van der Waals surface area contributed by atoms with E-state index < -0.39 is 37.0 Å². The van der Waals surface area contributed by atoms with Crippen LogP contribution in [0.3, 0.4) is 0 Å². The highest BCUT2D eigenvalue weighted by atomic mass is 32.2. The van der Waals surface area contributed by atoms with Crippen molar-refractivity contribution in [2.45, 2.75) is 73.7 Å². The first kappa shape index (κ1) is 24.5. The standard InChI is InChI=1S/C25H29N5O5S2/c1-4-10-36(32,33)29-24-12-25(13-24,14-24)30-20-18-8-9-26-22(18)27-11-19(20)28-23(30)37(34,35)21-15(2)6-5-7-17(21)16(3)31/h5-9,11,16,29,31H,4,10,12-14H2,1-3H3,(H,26,27)/t16-,24?,25?/m1/s1. The first-order valence-corrected chi connectivity index (χ1v) is 15.4. The summed E-state index contributed by atoms with van der Waals surface area (Å²) in [5, 5.41) is 11.0. The maximum absolute atomic E-state index is 14.3. The van der Waals surface area contributed by atoms with E-state index in [1.54, 1.807) is 42.1 Å². The second-order valence-corrected chi connectivity index (χ2v) is 14.2. The highest BCUT2D eigenvalue weighted by molar-refractivity contribution is 7.91. The van der Waals surface area contributed by atoms with Crippen LogP contribution >= 0.6 is 0 Å². The minimum Gasteiger partial charge on any atom is -0.389 e. The van der Waals surface area contributed by atoms with E-state index in [2.05, 4.69) is 19.7 Å². The van der Waals surface area contributed by atoms with Crippen molar-refractivity contribution in [3.8, 4) is 0 Å². The Labute approximate surface area is 215 Å². The van der Waals surface area contributed by atoms with Gasteiger partial charge in [0.2, 0.25) is 25.0 Å². The minimum atomic E-state index is -4.17. The predicted octanol–water partition coefficient (Wildman–Crippen LogP) is 3.07. The third-order valence-corrected chi connectivity index (χ3v) is 11.2. The van der Waals surface area contributed by atoms with Gasteiger partial charge in [0.25, 0.3) is 0 Å². The number of hydrogen-bond acceptors (Lipinski definition) is 7. The van der Waals surface area contributed by atoms with Gasteiger partial charge < -0.3 is 14.7 Å². The van der Waals surface area contributed by atoms with Gasteiger partial charge in [-0.1, -0.05) is 25.1 Å². The lowest BCUT2D eigenvalue weighted by Gasteiger charge is -2.70. The number of aliphatic hydroxyl groups is 1. The average Bonchev–Trinajstić information content (AvgIpc) is 3.39. The molecule has 4 aromatic rings. The molecule has 0 saturated heterocycles. The number of aromatic amines is 1.